The second-order valence-electron chi connectivity index (χ2n) is 6.99. The van der Waals surface area contributed by atoms with Gasteiger partial charge in [0.25, 0.3) is 0 Å². The molecular formula is C21H22ClN4OS+. The van der Waals surface area contributed by atoms with E-state index < -0.39 is 0 Å². The highest BCUT2D eigenvalue weighted by molar-refractivity contribution is 7.71. The molecule has 1 unspecified atom stereocenters. The summed E-state index contributed by atoms with van der Waals surface area (Å²) >= 11 is 11.6. The zero-order chi connectivity index (χ0) is 19.7. The molecule has 4 rings (SSSR count). The van der Waals surface area contributed by atoms with Crippen molar-refractivity contribution in [3.8, 4) is 5.75 Å². The summed E-state index contributed by atoms with van der Waals surface area (Å²) in [7, 11) is 2.11. The summed E-state index contributed by atoms with van der Waals surface area (Å²) in [5, 5.41) is 6.64. The number of fused-ring (bicyclic) bond motifs is 3. The monoisotopic (exact) mass is 413 g/mol. The number of likely N-dealkylation sites (N-methyl/N-ethyl adjacent to an activating group) is 1. The molecule has 28 heavy (non-hydrogen) atoms. The van der Waals surface area contributed by atoms with E-state index >= 15 is 0 Å². The van der Waals surface area contributed by atoms with Crippen molar-refractivity contribution in [1.29, 1.82) is 0 Å². The Kier molecular flexibility index (Phi) is 5.35. The maximum Gasteiger partial charge on any atom is 0.207 e. The molecule has 4 aromatic rings. The minimum atomic E-state index is 0.607. The average Bonchev–Trinajstić information content (AvgIpc) is 2.99. The highest BCUT2D eigenvalue weighted by Gasteiger charge is 2.12. The molecule has 144 valence electrons. The third kappa shape index (κ3) is 3.76. The number of para-hydroxylation sites is 1. The molecule has 1 atom stereocenters. The van der Waals surface area contributed by atoms with Crippen LogP contribution in [0.1, 0.15) is 5.56 Å². The molecule has 0 bridgehead atoms. The minimum Gasteiger partial charge on any atom is -0.488 e. The number of aryl methyl sites for hydroxylation is 1. The number of rotatable bonds is 6. The standard InChI is InChI=1S/C21H21ClN4OS/c1-15-13-20-23-25(21(28)26(20)19-6-4-3-5-18(15)19)14-24(2)11-12-27-17-9-7-16(22)8-10-17/h3-10,13H,11-12,14H2,1-2H3/p+1. The first-order valence-corrected chi connectivity index (χ1v) is 9.99. The van der Waals surface area contributed by atoms with Crippen LogP contribution in [0.15, 0.2) is 54.6 Å². The van der Waals surface area contributed by atoms with Gasteiger partial charge in [0.05, 0.1) is 12.6 Å². The topological polar surface area (TPSA) is 35.9 Å². The largest absolute Gasteiger partial charge is 0.488 e. The van der Waals surface area contributed by atoms with Crippen molar-refractivity contribution in [3.63, 3.8) is 0 Å². The average molecular weight is 414 g/mol. The van der Waals surface area contributed by atoms with E-state index in [1.165, 1.54) is 15.8 Å². The van der Waals surface area contributed by atoms with E-state index in [1.54, 1.807) is 0 Å². The van der Waals surface area contributed by atoms with Crippen molar-refractivity contribution < 1.29 is 9.64 Å². The Morgan fingerprint density at radius 3 is 2.68 bits per heavy atom. The van der Waals surface area contributed by atoms with Gasteiger partial charge in [-0.25, -0.2) is 0 Å². The van der Waals surface area contributed by atoms with Crippen molar-refractivity contribution in [2.24, 2.45) is 0 Å². The zero-order valence-electron chi connectivity index (χ0n) is 15.9. The fourth-order valence-corrected chi connectivity index (χ4v) is 3.75. The molecular weight excluding hydrogens is 392 g/mol. The first-order valence-electron chi connectivity index (χ1n) is 9.20. The van der Waals surface area contributed by atoms with Crippen LogP contribution in [0, 0.1) is 11.7 Å². The summed E-state index contributed by atoms with van der Waals surface area (Å²) in [6.07, 6.45) is 0. The Labute approximate surface area is 173 Å². The van der Waals surface area contributed by atoms with Crippen molar-refractivity contribution in [1.82, 2.24) is 14.2 Å². The molecule has 0 aliphatic heterocycles. The predicted molar refractivity (Wildman–Crippen MR) is 115 cm³/mol. The van der Waals surface area contributed by atoms with E-state index in [-0.39, 0.29) is 0 Å². The van der Waals surface area contributed by atoms with Gasteiger partial charge < -0.3 is 9.64 Å². The van der Waals surface area contributed by atoms with Crippen LogP contribution < -0.4 is 9.64 Å². The molecule has 2 aromatic carbocycles. The molecule has 0 aliphatic rings. The summed E-state index contributed by atoms with van der Waals surface area (Å²) in [5.74, 6) is 0.823. The van der Waals surface area contributed by atoms with Crippen LogP contribution in [-0.2, 0) is 6.67 Å². The number of quaternary nitrogens is 1. The number of pyridine rings is 1. The quantitative estimate of drug-likeness (QED) is 0.491. The zero-order valence-corrected chi connectivity index (χ0v) is 17.4. The Hall–Kier alpha value is -2.41. The second kappa shape index (κ2) is 7.91. The van der Waals surface area contributed by atoms with Crippen LogP contribution in [0.3, 0.4) is 0 Å². The highest BCUT2D eigenvalue weighted by atomic mass is 35.5. The molecule has 5 nitrogen and oxygen atoms in total. The number of nitrogens with one attached hydrogen (secondary N) is 1. The van der Waals surface area contributed by atoms with E-state index in [9.17, 15) is 0 Å². The van der Waals surface area contributed by atoms with Gasteiger partial charge in [-0.2, -0.15) is 4.68 Å². The number of benzene rings is 2. The number of hydrogen-bond acceptors (Lipinski definition) is 3. The van der Waals surface area contributed by atoms with Gasteiger partial charge in [0, 0.05) is 10.4 Å². The normalized spacial score (nSPS) is 12.5. The second-order valence-corrected chi connectivity index (χ2v) is 7.79. The molecule has 0 radical (unpaired) electrons. The van der Waals surface area contributed by atoms with Gasteiger partial charge in [0.15, 0.2) is 12.3 Å². The number of nitrogens with zero attached hydrogens (tertiary/aromatic N) is 3. The number of aromatic nitrogens is 3. The van der Waals surface area contributed by atoms with E-state index in [2.05, 4.69) is 36.6 Å². The van der Waals surface area contributed by atoms with Crippen LogP contribution >= 0.6 is 23.8 Å². The molecule has 0 spiro atoms. The Morgan fingerprint density at radius 1 is 1.14 bits per heavy atom. The van der Waals surface area contributed by atoms with Gasteiger partial charge in [-0.05, 0) is 61.1 Å². The van der Waals surface area contributed by atoms with E-state index in [0.29, 0.717) is 23.1 Å². The van der Waals surface area contributed by atoms with Crippen molar-refractivity contribution in [3.05, 3.63) is 70.0 Å². The first kappa shape index (κ1) is 18.9. The van der Waals surface area contributed by atoms with Crippen LogP contribution in [0.4, 0.5) is 0 Å². The lowest BCUT2D eigenvalue weighted by atomic mass is 10.1. The third-order valence-corrected chi connectivity index (χ3v) is 5.46. The molecule has 0 saturated heterocycles. The molecule has 0 amide bonds. The predicted octanol–water partition coefficient (Wildman–Crippen LogP) is 3.53. The van der Waals surface area contributed by atoms with Crippen LogP contribution in [0.2, 0.25) is 5.02 Å². The third-order valence-electron chi connectivity index (χ3n) is 4.81. The molecule has 0 fully saturated rings. The summed E-state index contributed by atoms with van der Waals surface area (Å²) in [5.41, 5.74) is 3.18. The van der Waals surface area contributed by atoms with Crippen molar-refractivity contribution in [2.75, 3.05) is 20.2 Å². The SMILES string of the molecule is Cc1cc2nn(C[NH+](C)CCOc3ccc(Cl)cc3)c(=S)n2c2ccccc12. The summed E-state index contributed by atoms with van der Waals surface area (Å²) < 4.78 is 10.5. The Morgan fingerprint density at radius 2 is 1.89 bits per heavy atom. The molecule has 0 saturated carbocycles. The van der Waals surface area contributed by atoms with Gasteiger partial charge in [0.1, 0.15) is 18.9 Å². The van der Waals surface area contributed by atoms with Gasteiger partial charge in [-0.1, -0.05) is 29.8 Å². The maximum atomic E-state index is 5.90. The first-order chi connectivity index (χ1) is 13.5. The lowest BCUT2D eigenvalue weighted by Crippen LogP contribution is -3.09. The highest BCUT2D eigenvalue weighted by Crippen LogP contribution is 2.21. The van der Waals surface area contributed by atoms with Gasteiger partial charge >= 0.3 is 0 Å². The number of hydrogen-bond donors (Lipinski definition) is 1. The lowest BCUT2D eigenvalue weighted by Gasteiger charge is -2.14. The van der Waals surface area contributed by atoms with Gasteiger partial charge in [-0.15, -0.1) is 5.10 Å². The van der Waals surface area contributed by atoms with Crippen LogP contribution in [0.25, 0.3) is 16.6 Å². The number of ether oxygens (including phenoxy) is 1. The fraction of sp³-hybridized carbons (Fsp3) is 0.238. The van der Waals surface area contributed by atoms with Gasteiger partial charge in [0.2, 0.25) is 4.77 Å². The van der Waals surface area contributed by atoms with E-state index in [0.717, 1.165) is 23.5 Å². The minimum absolute atomic E-state index is 0.607. The number of halogens is 1. The van der Waals surface area contributed by atoms with Crippen molar-refractivity contribution >= 4 is 40.4 Å². The van der Waals surface area contributed by atoms with Crippen LogP contribution in [-0.4, -0.2) is 34.4 Å². The molecule has 2 heterocycles. The molecule has 7 heteroatoms. The Balaban J connectivity index is 1.50. The molecule has 0 aliphatic carbocycles. The molecule has 2 aromatic heterocycles. The molecule has 1 N–H and O–H groups in total. The summed E-state index contributed by atoms with van der Waals surface area (Å²) in [6, 6.07) is 17.8. The smallest absolute Gasteiger partial charge is 0.207 e. The van der Waals surface area contributed by atoms with Gasteiger partial charge in [-0.3, -0.25) is 4.40 Å². The fourth-order valence-electron chi connectivity index (χ4n) is 3.33. The van der Waals surface area contributed by atoms with Crippen LogP contribution in [0.5, 0.6) is 5.75 Å². The maximum absolute atomic E-state index is 5.90. The summed E-state index contributed by atoms with van der Waals surface area (Å²) in [4.78, 5) is 1.26. The van der Waals surface area contributed by atoms with Crippen molar-refractivity contribution in [2.45, 2.75) is 13.6 Å². The summed E-state index contributed by atoms with van der Waals surface area (Å²) in [6.45, 7) is 4.22. The van der Waals surface area contributed by atoms with E-state index in [4.69, 9.17) is 33.7 Å². The lowest BCUT2D eigenvalue weighted by molar-refractivity contribution is -0.903. The Bertz CT molecular complexity index is 1180. The van der Waals surface area contributed by atoms with E-state index in [1.807, 2.05) is 41.1 Å².